The number of hydrogen-bond acceptors (Lipinski definition) is 2. The quantitative estimate of drug-likeness (QED) is 0.672. The first-order valence-corrected chi connectivity index (χ1v) is 6.80. The molecule has 1 N–H and O–H groups in total. The van der Waals surface area contributed by atoms with Gasteiger partial charge in [0.15, 0.2) is 10.4 Å². The van der Waals surface area contributed by atoms with Crippen LogP contribution in [-0.2, 0) is 0 Å². The molecule has 0 unspecified atom stereocenters. The van der Waals surface area contributed by atoms with Gasteiger partial charge in [-0.1, -0.05) is 15.9 Å². The Morgan fingerprint density at radius 1 is 1.32 bits per heavy atom. The van der Waals surface area contributed by atoms with Gasteiger partial charge in [0.05, 0.1) is 11.2 Å². The molecule has 19 heavy (non-hydrogen) atoms. The SMILES string of the molecule is Cc1ccc2[nH]c(=S)n(-c3ccc(Br)cc3F)c2n1. The summed E-state index contributed by atoms with van der Waals surface area (Å²) in [6, 6.07) is 8.63. The van der Waals surface area contributed by atoms with E-state index >= 15 is 0 Å². The van der Waals surface area contributed by atoms with Gasteiger partial charge in [-0.2, -0.15) is 0 Å². The second-order valence-corrected chi connectivity index (χ2v) is 5.49. The Balaban J connectivity index is 2.38. The normalized spacial score (nSPS) is 11.1. The molecule has 1 aromatic carbocycles. The summed E-state index contributed by atoms with van der Waals surface area (Å²) in [6.07, 6.45) is 0. The third-order valence-electron chi connectivity index (χ3n) is 2.82. The van der Waals surface area contributed by atoms with Crippen LogP contribution in [0.15, 0.2) is 34.8 Å². The summed E-state index contributed by atoms with van der Waals surface area (Å²) < 4.78 is 16.8. The maximum Gasteiger partial charge on any atom is 0.184 e. The average Bonchev–Trinajstić information content (AvgIpc) is 2.65. The summed E-state index contributed by atoms with van der Waals surface area (Å²) in [5, 5.41) is 0. The molecule has 6 heteroatoms. The van der Waals surface area contributed by atoms with Crippen molar-refractivity contribution in [1.82, 2.24) is 14.5 Å². The molecule has 96 valence electrons. The van der Waals surface area contributed by atoms with Crippen LogP contribution in [0.2, 0.25) is 0 Å². The number of H-pyrrole nitrogens is 1. The van der Waals surface area contributed by atoms with Gasteiger partial charge < -0.3 is 4.98 Å². The van der Waals surface area contributed by atoms with Crippen molar-refractivity contribution in [3.8, 4) is 5.69 Å². The molecule has 2 aromatic heterocycles. The van der Waals surface area contributed by atoms with Gasteiger partial charge in [-0.15, -0.1) is 0 Å². The van der Waals surface area contributed by atoms with E-state index in [9.17, 15) is 4.39 Å². The van der Waals surface area contributed by atoms with Crippen LogP contribution in [0.3, 0.4) is 0 Å². The summed E-state index contributed by atoms with van der Waals surface area (Å²) in [4.78, 5) is 7.45. The standard InChI is InChI=1S/C13H9BrFN3S/c1-7-2-4-10-12(16-7)18(13(19)17-10)11-5-3-8(14)6-9(11)15/h2-6H,1H3,(H,17,19). The maximum absolute atomic E-state index is 14.1. The smallest absolute Gasteiger partial charge is 0.184 e. The lowest BCUT2D eigenvalue weighted by atomic mass is 10.3. The molecule has 2 heterocycles. The van der Waals surface area contributed by atoms with Gasteiger partial charge in [0.25, 0.3) is 0 Å². The van der Waals surface area contributed by atoms with E-state index in [2.05, 4.69) is 25.9 Å². The Morgan fingerprint density at radius 2 is 2.11 bits per heavy atom. The summed E-state index contributed by atoms with van der Waals surface area (Å²) in [6.45, 7) is 1.89. The van der Waals surface area contributed by atoms with Gasteiger partial charge in [0, 0.05) is 10.2 Å². The summed E-state index contributed by atoms with van der Waals surface area (Å²) in [5.74, 6) is -0.352. The average molecular weight is 338 g/mol. The molecule has 3 aromatic rings. The highest BCUT2D eigenvalue weighted by Gasteiger charge is 2.12. The van der Waals surface area contributed by atoms with Crippen LogP contribution in [0, 0.1) is 17.5 Å². The van der Waals surface area contributed by atoms with E-state index in [0.717, 1.165) is 11.2 Å². The van der Waals surface area contributed by atoms with E-state index in [1.807, 2.05) is 19.1 Å². The number of aromatic nitrogens is 3. The number of nitrogens with one attached hydrogen (secondary N) is 1. The van der Waals surface area contributed by atoms with Gasteiger partial charge in [-0.25, -0.2) is 9.37 Å². The van der Waals surface area contributed by atoms with Crippen LogP contribution in [-0.4, -0.2) is 14.5 Å². The minimum Gasteiger partial charge on any atom is -0.329 e. The second-order valence-electron chi connectivity index (χ2n) is 4.19. The topological polar surface area (TPSA) is 33.6 Å². The van der Waals surface area contributed by atoms with Gasteiger partial charge in [0.1, 0.15) is 5.82 Å². The first-order valence-electron chi connectivity index (χ1n) is 5.60. The fourth-order valence-electron chi connectivity index (χ4n) is 1.96. The number of aryl methyl sites for hydroxylation is 1. The number of benzene rings is 1. The van der Waals surface area contributed by atoms with Gasteiger partial charge >= 0.3 is 0 Å². The van der Waals surface area contributed by atoms with E-state index in [0.29, 0.717) is 20.6 Å². The van der Waals surface area contributed by atoms with Crippen molar-refractivity contribution in [2.24, 2.45) is 0 Å². The first-order chi connectivity index (χ1) is 9.06. The van der Waals surface area contributed by atoms with Crippen LogP contribution in [0.5, 0.6) is 0 Å². The number of pyridine rings is 1. The zero-order chi connectivity index (χ0) is 13.6. The molecule has 0 amide bonds. The van der Waals surface area contributed by atoms with Crippen LogP contribution in [0.4, 0.5) is 4.39 Å². The number of hydrogen-bond donors (Lipinski definition) is 1. The van der Waals surface area contributed by atoms with Crippen LogP contribution < -0.4 is 0 Å². The molecule has 0 saturated carbocycles. The van der Waals surface area contributed by atoms with Gasteiger partial charge in [-0.05, 0) is 49.5 Å². The molecule has 0 aliphatic carbocycles. The monoisotopic (exact) mass is 337 g/mol. The van der Waals surface area contributed by atoms with Crippen LogP contribution in [0.25, 0.3) is 16.9 Å². The van der Waals surface area contributed by atoms with Crippen molar-refractivity contribution in [2.75, 3.05) is 0 Å². The number of imidazole rings is 1. The Bertz CT molecular complexity index is 838. The Morgan fingerprint density at radius 3 is 2.84 bits per heavy atom. The summed E-state index contributed by atoms with van der Waals surface area (Å²) >= 11 is 8.50. The van der Waals surface area contributed by atoms with E-state index in [1.165, 1.54) is 6.07 Å². The van der Waals surface area contributed by atoms with Crippen molar-refractivity contribution in [1.29, 1.82) is 0 Å². The highest BCUT2D eigenvalue weighted by Crippen LogP contribution is 2.23. The highest BCUT2D eigenvalue weighted by atomic mass is 79.9. The molecule has 3 rings (SSSR count). The predicted molar refractivity (Wildman–Crippen MR) is 78.6 cm³/mol. The fourth-order valence-corrected chi connectivity index (χ4v) is 2.59. The molecule has 0 aliphatic heterocycles. The fraction of sp³-hybridized carbons (Fsp3) is 0.0769. The Kier molecular flexibility index (Phi) is 2.99. The Hall–Kier alpha value is -1.53. The molecule has 0 radical (unpaired) electrons. The van der Waals surface area contributed by atoms with E-state index in [1.54, 1.807) is 16.7 Å². The maximum atomic E-state index is 14.1. The number of rotatable bonds is 1. The zero-order valence-corrected chi connectivity index (χ0v) is 12.3. The number of nitrogens with zero attached hydrogens (tertiary/aromatic N) is 2. The zero-order valence-electron chi connectivity index (χ0n) is 9.95. The van der Waals surface area contributed by atoms with E-state index < -0.39 is 0 Å². The molecule has 0 aliphatic rings. The third-order valence-corrected chi connectivity index (χ3v) is 3.60. The molecule has 0 fully saturated rings. The second kappa shape index (κ2) is 4.54. The molecular weight excluding hydrogens is 329 g/mol. The van der Waals surface area contributed by atoms with Crippen molar-refractivity contribution < 1.29 is 4.39 Å². The third kappa shape index (κ3) is 2.11. The van der Waals surface area contributed by atoms with Crippen LogP contribution in [0.1, 0.15) is 5.69 Å². The first kappa shape index (κ1) is 12.5. The number of halogens is 2. The molecule has 0 saturated heterocycles. The van der Waals surface area contributed by atoms with Crippen molar-refractivity contribution in [3.05, 3.63) is 51.1 Å². The van der Waals surface area contributed by atoms with Crippen LogP contribution >= 0.6 is 28.1 Å². The summed E-state index contributed by atoms with van der Waals surface area (Å²) in [7, 11) is 0. The molecule has 0 atom stereocenters. The van der Waals surface area contributed by atoms with Crippen molar-refractivity contribution in [3.63, 3.8) is 0 Å². The minimum atomic E-state index is -0.352. The van der Waals surface area contributed by atoms with E-state index in [-0.39, 0.29) is 5.82 Å². The van der Waals surface area contributed by atoms with Gasteiger partial charge in [-0.3, -0.25) is 4.57 Å². The molecular formula is C13H9BrFN3S. The minimum absolute atomic E-state index is 0.352. The molecule has 3 nitrogen and oxygen atoms in total. The lowest BCUT2D eigenvalue weighted by Gasteiger charge is -2.06. The lowest BCUT2D eigenvalue weighted by Crippen LogP contribution is -1.99. The Labute approximate surface area is 122 Å². The largest absolute Gasteiger partial charge is 0.329 e. The lowest BCUT2D eigenvalue weighted by molar-refractivity contribution is 0.617. The van der Waals surface area contributed by atoms with Crippen molar-refractivity contribution >= 4 is 39.3 Å². The molecule has 0 spiro atoms. The summed E-state index contributed by atoms with van der Waals surface area (Å²) in [5.41, 5.74) is 2.66. The number of fused-ring (bicyclic) bond motifs is 1. The van der Waals surface area contributed by atoms with Gasteiger partial charge in [0.2, 0.25) is 0 Å². The van der Waals surface area contributed by atoms with Crippen molar-refractivity contribution in [2.45, 2.75) is 6.92 Å². The number of aromatic amines is 1. The molecule has 0 bridgehead atoms. The predicted octanol–water partition coefficient (Wildman–Crippen LogP) is 4.29. The van der Waals surface area contributed by atoms with E-state index in [4.69, 9.17) is 12.2 Å². The highest BCUT2D eigenvalue weighted by molar-refractivity contribution is 9.10.